The lowest BCUT2D eigenvalue weighted by Gasteiger charge is -2.33. The minimum absolute atomic E-state index is 0.456. The monoisotopic (exact) mass is 238 g/mol. The molecule has 0 spiro atoms. The molecule has 2 N–H and O–H groups in total. The first-order chi connectivity index (χ1) is 7.74. The minimum Gasteiger partial charge on any atom is -0.316 e. The molecule has 17 heavy (non-hydrogen) atoms. The molecule has 2 nitrogen and oxygen atoms in total. The van der Waals surface area contributed by atoms with Gasteiger partial charge in [0.25, 0.3) is 0 Å². The maximum Gasteiger partial charge on any atom is 0.0181 e. The summed E-state index contributed by atoms with van der Waals surface area (Å²) in [6, 6.07) is 0.686. The predicted molar refractivity (Wildman–Crippen MR) is 74.1 cm³/mol. The van der Waals surface area contributed by atoms with Crippen molar-refractivity contribution in [2.45, 2.75) is 54.0 Å². The molecule has 2 fully saturated rings. The molecular weight excluding hydrogens is 208 g/mol. The van der Waals surface area contributed by atoms with E-state index >= 15 is 0 Å². The third kappa shape index (κ3) is 1.94. The topological polar surface area (TPSA) is 24.1 Å². The maximum absolute atomic E-state index is 3.86. The van der Waals surface area contributed by atoms with Gasteiger partial charge in [-0.15, -0.1) is 0 Å². The van der Waals surface area contributed by atoms with Crippen LogP contribution in [0.25, 0.3) is 0 Å². The van der Waals surface area contributed by atoms with Crippen LogP contribution >= 0.6 is 0 Å². The van der Waals surface area contributed by atoms with Crippen LogP contribution in [0, 0.1) is 22.2 Å². The van der Waals surface area contributed by atoms with E-state index in [1.54, 1.807) is 0 Å². The molecule has 1 heterocycles. The fourth-order valence-corrected chi connectivity index (χ4v) is 3.62. The number of nitrogens with one attached hydrogen (secondary N) is 2. The van der Waals surface area contributed by atoms with Gasteiger partial charge >= 0.3 is 0 Å². The molecule has 2 rings (SSSR count). The lowest BCUT2D eigenvalue weighted by Crippen LogP contribution is -2.42. The quantitative estimate of drug-likeness (QED) is 0.787. The van der Waals surface area contributed by atoms with Crippen molar-refractivity contribution in [2.75, 3.05) is 19.6 Å². The SMILES string of the molecule is CC(C)C1(CNC2C(C)(C)C2(C)C)CCNC1. The van der Waals surface area contributed by atoms with Crippen molar-refractivity contribution in [3.05, 3.63) is 0 Å². The van der Waals surface area contributed by atoms with Gasteiger partial charge in [0.15, 0.2) is 0 Å². The molecule has 0 bridgehead atoms. The molecule has 0 radical (unpaired) electrons. The highest BCUT2D eigenvalue weighted by molar-refractivity contribution is 5.18. The van der Waals surface area contributed by atoms with Crippen LogP contribution in [0.3, 0.4) is 0 Å². The fraction of sp³-hybridized carbons (Fsp3) is 1.00. The average molecular weight is 238 g/mol. The number of hydrogen-bond donors (Lipinski definition) is 2. The summed E-state index contributed by atoms with van der Waals surface area (Å²) < 4.78 is 0. The Morgan fingerprint density at radius 1 is 1.18 bits per heavy atom. The van der Waals surface area contributed by atoms with Crippen LogP contribution in [0.4, 0.5) is 0 Å². The Kier molecular flexibility index (Phi) is 3.11. The molecule has 1 saturated carbocycles. The van der Waals surface area contributed by atoms with Crippen LogP contribution in [-0.4, -0.2) is 25.7 Å². The first kappa shape index (κ1) is 13.4. The summed E-state index contributed by atoms with van der Waals surface area (Å²) in [6.45, 7) is 17.9. The maximum atomic E-state index is 3.86. The average Bonchev–Trinajstić information content (AvgIpc) is 2.59. The van der Waals surface area contributed by atoms with Gasteiger partial charge in [0, 0.05) is 19.1 Å². The second-order valence-corrected chi connectivity index (χ2v) is 7.70. The van der Waals surface area contributed by atoms with E-state index < -0.39 is 0 Å². The molecule has 1 unspecified atom stereocenters. The lowest BCUT2D eigenvalue weighted by molar-refractivity contribution is 0.204. The highest BCUT2D eigenvalue weighted by Crippen LogP contribution is 2.62. The minimum atomic E-state index is 0.456. The molecule has 2 aliphatic rings. The summed E-state index contributed by atoms with van der Waals surface area (Å²) in [7, 11) is 0. The van der Waals surface area contributed by atoms with Crippen molar-refractivity contribution in [3.8, 4) is 0 Å². The Morgan fingerprint density at radius 3 is 2.12 bits per heavy atom. The zero-order chi connectivity index (χ0) is 12.9. The Hall–Kier alpha value is -0.0800. The van der Waals surface area contributed by atoms with Crippen molar-refractivity contribution in [1.29, 1.82) is 0 Å². The van der Waals surface area contributed by atoms with Gasteiger partial charge < -0.3 is 10.6 Å². The van der Waals surface area contributed by atoms with Gasteiger partial charge in [-0.05, 0) is 35.1 Å². The second-order valence-electron chi connectivity index (χ2n) is 7.70. The molecule has 1 atom stereocenters. The zero-order valence-corrected chi connectivity index (χ0v) is 12.5. The van der Waals surface area contributed by atoms with E-state index in [0.29, 0.717) is 22.3 Å². The van der Waals surface area contributed by atoms with Gasteiger partial charge in [-0.3, -0.25) is 0 Å². The van der Waals surface area contributed by atoms with E-state index in [2.05, 4.69) is 52.2 Å². The molecule has 1 aliphatic carbocycles. The first-order valence-corrected chi connectivity index (χ1v) is 7.18. The van der Waals surface area contributed by atoms with Crippen LogP contribution in [0.2, 0.25) is 0 Å². The van der Waals surface area contributed by atoms with Gasteiger partial charge in [0.05, 0.1) is 0 Å². The molecule has 1 aliphatic heterocycles. The van der Waals surface area contributed by atoms with Crippen molar-refractivity contribution in [3.63, 3.8) is 0 Å². The highest BCUT2D eigenvalue weighted by Gasteiger charge is 2.64. The Labute approximate surface area is 107 Å². The summed E-state index contributed by atoms with van der Waals surface area (Å²) in [4.78, 5) is 0. The number of rotatable bonds is 4. The predicted octanol–water partition coefficient (Wildman–Crippen LogP) is 2.65. The van der Waals surface area contributed by atoms with Crippen molar-refractivity contribution in [1.82, 2.24) is 10.6 Å². The first-order valence-electron chi connectivity index (χ1n) is 7.18. The third-order valence-electron chi connectivity index (χ3n) is 6.18. The molecule has 0 amide bonds. The van der Waals surface area contributed by atoms with E-state index in [9.17, 15) is 0 Å². The molecule has 1 saturated heterocycles. The van der Waals surface area contributed by atoms with E-state index in [1.165, 1.54) is 26.1 Å². The van der Waals surface area contributed by atoms with Gasteiger partial charge in [0.1, 0.15) is 0 Å². The standard InChI is InChI=1S/C15H30N2/c1-11(2)15(7-8-16-9-15)10-17-12-13(3,4)14(12,5)6/h11-12,16-17H,7-10H2,1-6H3. The number of hydrogen-bond acceptors (Lipinski definition) is 2. The summed E-state index contributed by atoms with van der Waals surface area (Å²) in [5.41, 5.74) is 1.39. The van der Waals surface area contributed by atoms with Gasteiger partial charge in [-0.1, -0.05) is 41.5 Å². The van der Waals surface area contributed by atoms with Gasteiger partial charge in [0.2, 0.25) is 0 Å². The Bertz CT molecular complexity index is 271. The molecule has 0 aromatic rings. The Balaban J connectivity index is 1.94. The smallest absolute Gasteiger partial charge is 0.0181 e. The van der Waals surface area contributed by atoms with Gasteiger partial charge in [-0.25, -0.2) is 0 Å². The van der Waals surface area contributed by atoms with Crippen LogP contribution in [0.15, 0.2) is 0 Å². The largest absolute Gasteiger partial charge is 0.316 e. The normalized spacial score (nSPS) is 35.5. The van der Waals surface area contributed by atoms with E-state index in [0.717, 1.165) is 5.92 Å². The fourth-order valence-electron chi connectivity index (χ4n) is 3.62. The van der Waals surface area contributed by atoms with Crippen LogP contribution in [0.5, 0.6) is 0 Å². The van der Waals surface area contributed by atoms with Gasteiger partial charge in [-0.2, -0.15) is 0 Å². The van der Waals surface area contributed by atoms with Crippen molar-refractivity contribution < 1.29 is 0 Å². The summed E-state index contributed by atoms with van der Waals surface area (Å²) >= 11 is 0. The van der Waals surface area contributed by atoms with Crippen molar-refractivity contribution in [2.24, 2.45) is 22.2 Å². The van der Waals surface area contributed by atoms with Crippen LogP contribution < -0.4 is 10.6 Å². The molecule has 2 heteroatoms. The summed E-state index contributed by atoms with van der Waals surface area (Å²) in [5.74, 6) is 0.759. The molecule has 100 valence electrons. The van der Waals surface area contributed by atoms with E-state index in [4.69, 9.17) is 0 Å². The lowest BCUT2D eigenvalue weighted by atomic mass is 9.76. The highest BCUT2D eigenvalue weighted by atomic mass is 15.1. The summed E-state index contributed by atoms with van der Waals surface area (Å²) in [5, 5.41) is 7.40. The molecular formula is C15H30N2. The molecule has 0 aromatic heterocycles. The second kappa shape index (κ2) is 3.96. The van der Waals surface area contributed by atoms with E-state index in [-0.39, 0.29) is 0 Å². The van der Waals surface area contributed by atoms with E-state index in [1.807, 2.05) is 0 Å². The zero-order valence-electron chi connectivity index (χ0n) is 12.5. The summed E-state index contributed by atoms with van der Waals surface area (Å²) in [6.07, 6.45) is 1.32. The third-order valence-corrected chi connectivity index (χ3v) is 6.18. The van der Waals surface area contributed by atoms with Crippen LogP contribution in [-0.2, 0) is 0 Å². The molecule has 0 aromatic carbocycles. The van der Waals surface area contributed by atoms with Crippen molar-refractivity contribution >= 4 is 0 Å². The Morgan fingerprint density at radius 2 is 1.76 bits per heavy atom. The van der Waals surface area contributed by atoms with Crippen LogP contribution in [0.1, 0.15) is 48.0 Å².